The molecule has 0 bridgehead atoms. The van der Waals surface area contributed by atoms with E-state index in [1.807, 2.05) is 5.57 Å². The fourth-order valence-corrected chi connectivity index (χ4v) is 9.35. The summed E-state index contributed by atoms with van der Waals surface area (Å²) < 4.78 is 0. The normalized spacial score (nSPS) is 49.1. The van der Waals surface area contributed by atoms with Crippen LogP contribution in [0.15, 0.2) is 11.6 Å². The van der Waals surface area contributed by atoms with Gasteiger partial charge in [0.1, 0.15) is 0 Å². The molecule has 4 rings (SSSR count). The van der Waals surface area contributed by atoms with E-state index < -0.39 is 0 Å². The third kappa shape index (κ3) is 3.50. The van der Waals surface area contributed by atoms with Crippen LogP contribution in [0.5, 0.6) is 0 Å². The molecule has 0 saturated heterocycles. The van der Waals surface area contributed by atoms with E-state index in [9.17, 15) is 5.11 Å². The van der Waals surface area contributed by atoms with Crippen molar-refractivity contribution >= 4 is 0 Å². The zero-order valence-corrected chi connectivity index (χ0v) is 22.0. The van der Waals surface area contributed by atoms with Gasteiger partial charge in [0.15, 0.2) is 0 Å². The summed E-state index contributed by atoms with van der Waals surface area (Å²) in [5.74, 6) is 5.28. The monoisotopic (exact) mass is 428 g/mol. The fraction of sp³-hybridized carbons (Fsp3) is 0.933. The van der Waals surface area contributed by atoms with Crippen molar-refractivity contribution in [3.8, 4) is 0 Å². The van der Waals surface area contributed by atoms with Crippen LogP contribution in [0.25, 0.3) is 0 Å². The van der Waals surface area contributed by atoms with Gasteiger partial charge in [-0.2, -0.15) is 0 Å². The molecule has 3 fully saturated rings. The first-order valence-corrected chi connectivity index (χ1v) is 13.8. The highest BCUT2D eigenvalue weighted by Gasteiger charge is 2.64. The minimum absolute atomic E-state index is 0.0811. The van der Waals surface area contributed by atoms with E-state index in [0.717, 1.165) is 36.0 Å². The minimum atomic E-state index is -0.0811. The van der Waals surface area contributed by atoms with Crippen LogP contribution in [0.2, 0.25) is 0 Å². The number of aliphatic hydroxyl groups is 1. The predicted octanol–water partition coefficient (Wildman–Crippen LogP) is 8.27. The van der Waals surface area contributed by atoms with Crippen LogP contribution in [0.3, 0.4) is 0 Å². The van der Waals surface area contributed by atoms with Crippen molar-refractivity contribution in [1.82, 2.24) is 0 Å². The Morgan fingerprint density at radius 3 is 2.35 bits per heavy atom. The molecule has 1 nitrogen and oxygen atoms in total. The maximum atomic E-state index is 10.6. The molecule has 0 aliphatic heterocycles. The summed E-state index contributed by atoms with van der Waals surface area (Å²) in [5.41, 5.74) is 3.13. The maximum absolute atomic E-state index is 10.6. The van der Waals surface area contributed by atoms with Gasteiger partial charge in [-0.15, -0.1) is 0 Å². The second-order valence-electron chi connectivity index (χ2n) is 13.7. The predicted molar refractivity (Wildman–Crippen MR) is 133 cm³/mol. The Bertz CT molecular complexity index is 693. The number of allylic oxidation sites excluding steroid dienone is 2. The van der Waals surface area contributed by atoms with Gasteiger partial charge in [-0.05, 0) is 103 Å². The molecule has 10 unspecified atom stereocenters. The fourth-order valence-electron chi connectivity index (χ4n) is 9.35. The number of hydrogen-bond acceptors (Lipinski definition) is 1. The van der Waals surface area contributed by atoms with Crippen molar-refractivity contribution in [2.75, 3.05) is 0 Å². The van der Waals surface area contributed by atoms with Crippen molar-refractivity contribution in [3.05, 3.63) is 11.6 Å². The number of fused-ring (bicyclic) bond motifs is 5. The zero-order chi connectivity index (χ0) is 22.8. The average molecular weight is 429 g/mol. The maximum Gasteiger partial charge on any atom is 0.0568 e. The van der Waals surface area contributed by atoms with Gasteiger partial charge in [0, 0.05) is 0 Å². The molecule has 178 valence electrons. The molecule has 0 aromatic heterocycles. The molecule has 4 aliphatic carbocycles. The molecule has 4 aliphatic rings. The molecule has 10 atom stereocenters. The summed E-state index contributed by atoms with van der Waals surface area (Å²) in [6, 6.07) is 0. The van der Waals surface area contributed by atoms with E-state index >= 15 is 0 Å². The van der Waals surface area contributed by atoms with E-state index in [2.05, 4.69) is 61.5 Å². The Morgan fingerprint density at radius 1 is 0.968 bits per heavy atom. The molecular weight excluding hydrogens is 376 g/mol. The smallest absolute Gasteiger partial charge is 0.0568 e. The number of aliphatic hydroxyl groups excluding tert-OH is 1. The van der Waals surface area contributed by atoms with Gasteiger partial charge in [0.25, 0.3) is 0 Å². The Kier molecular flexibility index (Phi) is 6.29. The highest BCUT2D eigenvalue weighted by atomic mass is 16.3. The Labute approximate surface area is 193 Å². The second-order valence-corrected chi connectivity index (χ2v) is 13.7. The van der Waals surface area contributed by atoms with Gasteiger partial charge in [0.2, 0.25) is 0 Å². The SMILES string of the molecule is CC(C)C(C)CCC(C)C1CCC2(C)C3=CCC4C(C)C(O)CCC4(C)C3CCC12C. The van der Waals surface area contributed by atoms with Gasteiger partial charge in [0.05, 0.1) is 6.10 Å². The first-order chi connectivity index (χ1) is 14.5. The molecule has 31 heavy (non-hydrogen) atoms. The lowest BCUT2D eigenvalue weighted by Crippen LogP contribution is -2.55. The first kappa shape index (κ1) is 23.8. The van der Waals surface area contributed by atoms with E-state index in [1.165, 1.54) is 51.4 Å². The van der Waals surface area contributed by atoms with E-state index in [4.69, 9.17) is 0 Å². The third-order valence-electron chi connectivity index (χ3n) is 12.4. The molecule has 1 heteroatoms. The lowest BCUT2D eigenvalue weighted by Gasteiger charge is -2.62. The van der Waals surface area contributed by atoms with Crippen LogP contribution >= 0.6 is 0 Å². The third-order valence-corrected chi connectivity index (χ3v) is 12.4. The minimum Gasteiger partial charge on any atom is -0.393 e. The molecule has 0 radical (unpaired) electrons. The summed E-state index contributed by atoms with van der Waals surface area (Å²) in [5, 5.41) is 10.6. The largest absolute Gasteiger partial charge is 0.393 e. The van der Waals surface area contributed by atoms with Gasteiger partial charge in [-0.1, -0.05) is 79.9 Å². The van der Waals surface area contributed by atoms with Crippen LogP contribution in [0.1, 0.15) is 113 Å². The quantitative estimate of drug-likeness (QED) is 0.437. The van der Waals surface area contributed by atoms with Crippen molar-refractivity contribution in [2.24, 2.45) is 57.7 Å². The molecule has 0 heterocycles. The van der Waals surface area contributed by atoms with E-state index in [0.29, 0.717) is 28.1 Å². The van der Waals surface area contributed by atoms with Gasteiger partial charge >= 0.3 is 0 Å². The average Bonchev–Trinajstić information content (AvgIpc) is 3.00. The highest BCUT2D eigenvalue weighted by molar-refractivity contribution is 5.32. The summed E-state index contributed by atoms with van der Waals surface area (Å²) in [4.78, 5) is 0. The van der Waals surface area contributed by atoms with Crippen LogP contribution in [0, 0.1) is 57.7 Å². The topological polar surface area (TPSA) is 20.2 Å². The lowest BCUT2D eigenvalue weighted by atomic mass is 9.42. The summed E-state index contributed by atoms with van der Waals surface area (Å²) in [6.45, 7) is 20.1. The first-order valence-electron chi connectivity index (χ1n) is 13.8. The molecule has 0 aromatic carbocycles. The summed E-state index contributed by atoms with van der Waals surface area (Å²) >= 11 is 0. The molecule has 0 amide bonds. The van der Waals surface area contributed by atoms with Crippen molar-refractivity contribution in [3.63, 3.8) is 0 Å². The van der Waals surface area contributed by atoms with Crippen molar-refractivity contribution < 1.29 is 5.11 Å². The van der Waals surface area contributed by atoms with Gasteiger partial charge in [-0.25, -0.2) is 0 Å². The zero-order valence-electron chi connectivity index (χ0n) is 22.0. The van der Waals surface area contributed by atoms with Crippen LogP contribution < -0.4 is 0 Å². The summed E-state index contributed by atoms with van der Waals surface area (Å²) in [7, 11) is 0. The molecule has 1 N–H and O–H groups in total. The van der Waals surface area contributed by atoms with E-state index in [-0.39, 0.29) is 6.10 Å². The molecule has 0 aromatic rings. The molecule has 3 saturated carbocycles. The highest BCUT2D eigenvalue weighted by Crippen LogP contribution is 2.72. The van der Waals surface area contributed by atoms with Crippen molar-refractivity contribution in [1.29, 1.82) is 0 Å². The summed E-state index contributed by atoms with van der Waals surface area (Å²) in [6.07, 6.45) is 14.5. The van der Waals surface area contributed by atoms with Crippen LogP contribution in [-0.2, 0) is 0 Å². The lowest BCUT2D eigenvalue weighted by molar-refractivity contribution is -0.0897. The van der Waals surface area contributed by atoms with Crippen molar-refractivity contribution in [2.45, 2.75) is 119 Å². The van der Waals surface area contributed by atoms with Gasteiger partial charge in [-0.3, -0.25) is 0 Å². The molecular formula is C30H52O. The van der Waals surface area contributed by atoms with Crippen LogP contribution in [-0.4, -0.2) is 11.2 Å². The Morgan fingerprint density at radius 2 is 1.68 bits per heavy atom. The van der Waals surface area contributed by atoms with Crippen LogP contribution in [0.4, 0.5) is 0 Å². The number of rotatable bonds is 5. The molecule has 0 spiro atoms. The number of hydrogen-bond donors (Lipinski definition) is 1. The Balaban J connectivity index is 1.57. The Hall–Kier alpha value is -0.300. The second kappa shape index (κ2) is 8.18. The van der Waals surface area contributed by atoms with E-state index in [1.54, 1.807) is 0 Å². The van der Waals surface area contributed by atoms with Gasteiger partial charge < -0.3 is 5.11 Å². The standard InChI is InChI=1S/C30H52O/c1-19(2)20(3)9-10-21(4)23-13-17-30(8)26-12-11-24-22(5)27(31)15-16-28(24,6)25(26)14-18-29(23,30)7/h12,19-25,27,31H,9-11,13-18H2,1-8H3.